The van der Waals surface area contributed by atoms with Crippen LogP contribution in [-0.4, -0.2) is 17.0 Å². The van der Waals surface area contributed by atoms with Gasteiger partial charge in [-0.1, -0.05) is 17.7 Å². The van der Waals surface area contributed by atoms with E-state index < -0.39 is 4.92 Å². The van der Waals surface area contributed by atoms with Crippen LogP contribution in [0.2, 0.25) is 5.15 Å². The molecule has 0 N–H and O–H groups in total. The van der Waals surface area contributed by atoms with Gasteiger partial charge in [0, 0.05) is 0 Å². The third kappa shape index (κ3) is 3.36. The fourth-order valence-electron chi connectivity index (χ4n) is 1.57. The number of pyridine rings is 1. The topological polar surface area (TPSA) is 74.5 Å². The molecule has 0 fully saturated rings. The molecule has 0 saturated carbocycles. The highest BCUT2D eigenvalue weighted by molar-refractivity contribution is 6.29. The number of benzene rings is 1. The van der Waals surface area contributed by atoms with Crippen molar-refractivity contribution in [2.75, 3.05) is 7.11 Å². The number of hydrogen-bond acceptors (Lipinski definition) is 5. The first-order chi connectivity index (χ1) is 9.60. The molecule has 0 amide bonds. The molecule has 0 aliphatic rings. The quantitative estimate of drug-likeness (QED) is 0.481. The zero-order valence-corrected chi connectivity index (χ0v) is 11.3. The molecular formula is C13H11ClN2O4. The normalized spacial score (nSPS) is 10.1. The van der Waals surface area contributed by atoms with Crippen LogP contribution in [0.5, 0.6) is 11.5 Å². The van der Waals surface area contributed by atoms with Crippen molar-refractivity contribution in [2.45, 2.75) is 6.61 Å². The van der Waals surface area contributed by atoms with Crippen LogP contribution in [0.25, 0.3) is 0 Å². The molecule has 0 radical (unpaired) electrons. The fourth-order valence-corrected chi connectivity index (χ4v) is 1.75. The maximum Gasteiger partial charge on any atom is 0.314 e. The van der Waals surface area contributed by atoms with Gasteiger partial charge < -0.3 is 9.47 Å². The van der Waals surface area contributed by atoms with E-state index in [1.807, 2.05) is 0 Å². The summed E-state index contributed by atoms with van der Waals surface area (Å²) in [5.74, 6) is 0.544. The first-order valence-electron chi connectivity index (χ1n) is 5.67. The second-order valence-electron chi connectivity index (χ2n) is 3.83. The summed E-state index contributed by atoms with van der Waals surface area (Å²) in [7, 11) is 1.44. The first kappa shape index (κ1) is 14.1. The molecule has 1 heterocycles. The van der Waals surface area contributed by atoms with E-state index in [-0.39, 0.29) is 18.0 Å². The Balaban J connectivity index is 2.18. The van der Waals surface area contributed by atoms with Crippen LogP contribution in [0.4, 0.5) is 5.69 Å². The average Bonchev–Trinajstić information content (AvgIpc) is 2.45. The van der Waals surface area contributed by atoms with E-state index in [9.17, 15) is 10.1 Å². The van der Waals surface area contributed by atoms with Crippen molar-refractivity contribution >= 4 is 17.3 Å². The van der Waals surface area contributed by atoms with E-state index in [1.54, 1.807) is 24.3 Å². The zero-order valence-electron chi connectivity index (χ0n) is 10.6. The van der Waals surface area contributed by atoms with Crippen LogP contribution in [0, 0.1) is 10.1 Å². The third-order valence-electron chi connectivity index (χ3n) is 2.51. The molecule has 0 unspecified atom stereocenters. The SMILES string of the molecule is COc1ccc(OCc2cccc(Cl)n2)c([N+](=O)[O-])c1. The van der Waals surface area contributed by atoms with Crippen molar-refractivity contribution in [1.82, 2.24) is 4.98 Å². The zero-order chi connectivity index (χ0) is 14.5. The van der Waals surface area contributed by atoms with Gasteiger partial charge in [0.25, 0.3) is 0 Å². The minimum atomic E-state index is -0.525. The van der Waals surface area contributed by atoms with Crippen molar-refractivity contribution in [3.05, 3.63) is 57.4 Å². The maximum absolute atomic E-state index is 11.0. The van der Waals surface area contributed by atoms with Crippen molar-refractivity contribution < 1.29 is 14.4 Å². The van der Waals surface area contributed by atoms with Gasteiger partial charge in [-0.3, -0.25) is 10.1 Å². The molecule has 0 aliphatic heterocycles. The van der Waals surface area contributed by atoms with Gasteiger partial charge in [0.2, 0.25) is 0 Å². The predicted octanol–water partition coefficient (Wildman–Crippen LogP) is 3.23. The molecule has 0 aliphatic carbocycles. The highest BCUT2D eigenvalue weighted by Gasteiger charge is 2.16. The number of nitro benzene ring substituents is 1. The van der Waals surface area contributed by atoms with Gasteiger partial charge >= 0.3 is 5.69 Å². The van der Waals surface area contributed by atoms with Gasteiger partial charge in [-0.15, -0.1) is 0 Å². The van der Waals surface area contributed by atoms with Crippen LogP contribution in [0.1, 0.15) is 5.69 Å². The summed E-state index contributed by atoms with van der Waals surface area (Å²) in [6, 6.07) is 9.48. The van der Waals surface area contributed by atoms with E-state index >= 15 is 0 Å². The summed E-state index contributed by atoms with van der Waals surface area (Å²) in [5.41, 5.74) is 0.425. The second-order valence-corrected chi connectivity index (χ2v) is 4.22. The number of ether oxygens (including phenoxy) is 2. The molecule has 20 heavy (non-hydrogen) atoms. The van der Waals surface area contributed by atoms with E-state index in [0.29, 0.717) is 16.6 Å². The summed E-state index contributed by atoms with van der Waals surface area (Å²) in [6.07, 6.45) is 0. The van der Waals surface area contributed by atoms with Crippen molar-refractivity contribution in [2.24, 2.45) is 0 Å². The molecule has 0 bridgehead atoms. The smallest absolute Gasteiger partial charge is 0.314 e. The van der Waals surface area contributed by atoms with E-state index in [0.717, 1.165) is 0 Å². The van der Waals surface area contributed by atoms with Crippen LogP contribution >= 0.6 is 11.6 Å². The fraction of sp³-hybridized carbons (Fsp3) is 0.154. The molecule has 2 rings (SSSR count). The van der Waals surface area contributed by atoms with Crippen LogP contribution in [0.3, 0.4) is 0 Å². The molecule has 0 spiro atoms. The molecule has 1 aromatic carbocycles. The lowest BCUT2D eigenvalue weighted by atomic mass is 10.3. The number of nitro groups is 1. The number of aromatic nitrogens is 1. The molecular weight excluding hydrogens is 284 g/mol. The van der Waals surface area contributed by atoms with Crippen LogP contribution < -0.4 is 9.47 Å². The van der Waals surface area contributed by atoms with E-state index in [2.05, 4.69) is 4.98 Å². The second kappa shape index (κ2) is 6.21. The number of nitrogens with zero attached hydrogens (tertiary/aromatic N) is 2. The Morgan fingerprint density at radius 2 is 2.15 bits per heavy atom. The summed E-state index contributed by atoms with van der Waals surface area (Å²) in [6.45, 7) is 0.0910. The third-order valence-corrected chi connectivity index (χ3v) is 2.72. The number of hydrogen-bond donors (Lipinski definition) is 0. The summed E-state index contributed by atoms with van der Waals surface area (Å²) in [4.78, 5) is 14.5. The molecule has 2 aromatic rings. The maximum atomic E-state index is 11.0. The van der Waals surface area contributed by atoms with Gasteiger partial charge in [0.05, 0.1) is 23.8 Å². The molecule has 0 saturated heterocycles. The molecule has 0 atom stereocenters. The largest absolute Gasteiger partial charge is 0.496 e. The van der Waals surface area contributed by atoms with Gasteiger partial charge in [-0.05, 0) is 24.3 Å². The van der Waals surface area contributed by atoms with Gasteiger partial charge in [-0.2, -0.15) is 0 Å². The number of methoxy groups -OCH3 is 1. The summed E-state index contributed by atoms with van der Waals surface area (Å²) in [5, 5.41) is 11.3. The monoisotopic (exact) mass is 294 g/mol. The summed E-state index contributed by atoms with van der Waals surface area (Å²) < 4.78 is 10.4. The van der Waals surface area contributed by atoms with Crippen LogP contribution in [-0.2, 0) is 6.61 Å². The van der Waals surface area contributed by atoms with Crippen LogP contribution in [0.15, 0.2) is 36.4 Å². The number of rotatable bonds is 5. The van der Waals surface area contributed by atoms with Crippen molar-refractivity contribution in [1.29, 1.82) is 0 Å². The van der Waals surface area contributed by atoms with Gasteiger partial charge in [-0.25, -0.2) is 4.98 Å². The Hall–Kier alpha value is -2.34. The van der Waals surface area contributed by atoms with E-state index in [4.69, 9.17) is 21.1 Å². The molecule has 6 nitrogen and oxygen atoms in total. The molecule has 1 aromatic heterocycles. The Bertz CT molecular complexity index is 634. The first-order valence-corrected chi connectivity index (χ1v) is 6.04. The molecule has 7 heteroatoms. The Morgan fingerprint density at radius 1 is 1.35 bits per heavy atom. The standard InChI is InChI=1S/C13H11ClN2O4/c1-19-10-5-6-12(11(7-10)16(17)18)20-8-9-3-2-4-13(14)15-9/h2-7H,8H2,1H3. The summed E-state index contributed by atoms with van der Waals surface area (Å²) >= 11 is 5.76. The lowest BCUT2D eigenvalue weighted by molar-refractivity contribution is -0.386. The lowest BCUT2D eigenvalue weighted by Gasteiger charge is -2.07. The van der Waals surface area contributed by atoms with Gasteiger partial charge in [0.15, 0.2) is 5.75 Å². The van der Waals surface area contributed by atoms with Crippen molar-refractivity contribution in [3.8, 4) is 11.5 Å². The highest BCUT2D eigenvalue weighted by Crippen LogP contribution is 2.31. The van der Waals surface area contributed by atoms with E-state index in [1.165, 1.54) is 19.2 Å². The Labute approximate surface area is 120 Å². The Kier molecular flexibility index (Phi) is 4.37. The van der Waals surface area contributed by atoms with Crippen molar-refractivity contribution in [3.63, 3.8) is 0 Å². The molecule has 104 valence electrons. The average molecular weight is 295 g/mol. The predicted molar refractivity (Wildman–Crippen MR) is 73.2 cm³/mol. The minimum absolute atomic E-state index is 0.0910. The van der Waals surface area contributed by atoms with Gasteiger partial charge in [0.1, 0.15) is 17.5 Å². The minimum Gasteiger partial charge on any atom is -0.496 e. The Morgan fingerprint density at radius 3 is 2.80 bits per heavy atom. The number of halogens is 1. The lowest BCUT2D eigenvalue weighted by Crippen LogP contribution is -2.01. The highest BCUT2D eigenvalue weighted by atomic mass is 35.5.